The fourth-order valence-corrected chi connectivity index (χ4v) is 2.81. The smallest absolute Gasteiger partial charge is 0.287 e. The highest BCUT2D eigenvalue weighted by Crippen LogP contribution is 2.27. The largest absolute Gasteiger partial charge is 0.379 e. The molecular formula is C18H21ClN3O4+. The van der Waals surface area contributed by atoms with Gasteiger partial charge in [-0.05, 0) is 13.0 Å². The van der Waals surface area contributed by atoms with Gasteiger partial charge in [-0.3, -0.25) is 14.9 Å². The first-order valence-electron chi connectivity index (χ1n) is 8.06. The van der Waals surface area contributed by atoms with Gasteiger partial charge in [-0.25, -0.2) is 0 Å². The van der Waals surface area contributed by atoms with Crippen LogP contribution in [0.25, 0.3) is 0 Å². The van der Waals surface area contributed by atoms with E-state index in [0.717, 1.165) is 5.56 Å². The molecule has 0 aromatic heterocycles. The molecule has 7 nitrogen and oxygen atoms in total. The van der Waals surface area contributed by atoms with E-state index in [-0.39, 0.29) is 22.7 Å². The van der Waals surface area contributed by atoms with Crippen LogP contribution < -0.4 is 10.6 Å². The van der Waals surface area contributed by atoms with E-state index >= 15 is 0 Å². The Hall–Kier alpha value is -2.48. The number of anilines is 1. The van der Waals surface area contributed by atoms with Crippen molar-refractivity contribution >= 4 is 28.9 Å². The summed E-state index contributed by atoms with van der Waals surface area (Å²) >= 11 is 6.07. The molecule has 26 heavy (non-hydrogen) atoms. The molecule has 8 heteroatoms. The number of nitrogens with two attached hydrogens (primary N) is 1. The number of rotatable bonds is 8. The van der Waals surface area contributed by atoms with Crippen LogP contribution in [0.2, 0.25) is 5.02 Å². The predicted octanol–water partition coefficient (Wildman–Crippen LogP) is 2.53. The Labute approximate surface area is 156 Å². The average molecular weight is 379 g/mol. The number of nitro benzene ring substituents is 1. The third-order valence-electron chi connectivity index (χ3n) is 3.81. The molecule has 0 fully saturated rings. The Morgan fingerprint density at radius 3 is 2.58 bits per heavy atom. The Bertz CT molecular complexity index is 770. The second-order valence-electron chi connectivity index (χ2n) is 5.92. The number of ether oxygens (including phenoxy) is 1. The molecule has 2 atom stereocenters. The lowest BCUT2D eigenvalue weighted by atomic mass is 10.0. The number of hydrogen-bond donors (Lipinski definition) is 2. The third kappa shape index (κ3) is 5.26. The molecule has 2 aromatic carbocycles. The van der Waals surface area contributed by atoms with Crippen LogP contribution in [0, 0.1) is 10.1 Å². The quantitative estimate of drug-likeness (QED) is 0.544. The van der Waals surface area contributed by atoms with Crippen LogP contribution in [-0.2, 0) is 9.53 Å². The van der Waals surface area contributed by atoms with Crippen molar-refractivity contribution in [2.75, 3.05) is 19.0 Å². The fraction of sp³-hybridized carbons (Fsp3) is 0.278. The number of quaternary nitrogens is 1. The maximum atomic E-state index is 12.8. The van der Waals surface area contributed by atoms with Crippen LogP contribution >= 0.6 is 11.6 Å². The van der Waals surface area contributed by atoms with Gasteiger partial charge in [0.15, 0.2) is 6.04 Å². The molecular weight excluding hydrogens is 358 g/mol. The Balaban J connectivity index is 2.22. The molecule has 0 saturated heterocycles. The Kier molecular flexibility index (Phi) is 7.08. The van der Waals surface area contributed by atoms with Crippen molar-refractivity contribution in [2.24, 2.45) is 0 Å². The number of nitrogens with one attached hydrogen (secondary N) is 1. The topological polar surface area (TPSA) is 98.1 Å². The molecule has 0 radical (unpaired) electrons. The minimum atomic E-state index is -0.537. The number of carbonyl (C=O) groups excluding carboxylic acids is 1. The lowest BCUT2D eigenvalue weighted by molar-refractivity contribution is -0.713. The van der Waals surface area contributed by atoms with Gasteiger partial charge in [-0.15, -0.1) is 0 Å². The molecule has 0 aliphatic rings. The van der Waals surface area contributed by atoms with Crippen molar-refractivity contribution in [1.82, 2.24) is 0 Å². The van der Waals surface area contributed by atoms with Crippen molar-refractivity contribution in [3.63, 3.8) is 0 Å². The maximum Gasteiger partial charge on any atom is 0.287 e. The average Bonchev–Trinajstić information content (AvgIpc) is 2.62. The second kappa shape index (κ2) is 9.28. The second-order valence-corrected chi connectivity index (χ2v) is 6.33. The van der Waals surface area contributed by atoms with Crippen molar-refractivity contribution < 1.29 is 19.8 Å². The standard InChI is InChI=1S/C18H20ClN3O4/c1-12(11-26-2)20-17(13-6-4-3-5-7-13)18(23)21-16-9-8-14(22(24)25)10-15(16)19/h3-10,12,17,20H,11H2,1-2H3,(H,21,23)/p+1/t12-,17-/m1/s1. The third-order valence-corrected chi connectivity index (χ3v) is 4.13. The zero-order valence-electron chi connectivity index (χ0n) is 14.5. The number of methoxy groups -OCH3 is 1. The molecule has 1 amide bonds. The van der Waals surface area contributed by atoms with E-state index in [1.165, 1.54) is 18.2 Å². The summed E-state index contributed by atoms with van der Waals surface area (Å²) in [5, 5.41) is 15.6. The zero-order valence-corrected chi connectivity index (χ0v) is 15.3. The molecule has 0 bridgehead atoms. The number of benzene rings is 2. The highest BCUT2D eigenvalue weighted by atomic mass is 35.5. The van der Waals surface area contributed by atoms with Gasteiger partial charge in [0.05, 0.1) is 22.2 Å². The van der Waals surface area contributed by atoms with Crippen molar-refractivity contribution in [3.8, 4) is 0 Å². The van der Waals surface area contributed by atoms with Crippen molar-refractivity contribution in [1.29, 1.82) is 0 Å². The minimum Gasteiger partial charge on any atom is -0.379 e. The van der Waals surface area contributed by atoms with E-state index < -0.39 is 11.0 Å². The summed E-state index contributed by atoms with van der Waals surface area (Å²) in [6.07, 6.45) is 0. The van der Waals surface area contributed by atoms with Crippen LogP contribution in [-0.4, -0.2) is 30.6 Å². The van der Waals surface area contributed by atoms with Crippen LogP contribution in [0.3, 0.4) is 0 Å². The molecule has 0 unspecified atom stereocenters. The number of hydrogen-bond acceptors (Lipinski definition) is 4. The van der Waals surface area contributed by atoms with E-state index in [4.69, 9.17) is 16.3 Å². The summed E-state index contributed by atoms with van der Waals surface area (Å²) in [5.74, 6) is -0.269. The zero-order chi connectivity index (χ0) is 19.1. The van der Waals surface area contributed by atoms with Gasteiger partial charge in [0.2, 0.25) is 0 Å². The highest BCUT2D eigenvalue weighted by molar-refractivity contribution is 6.34. The molecule has 2 rings (SSSR count). The van der Waals surface area contributed by atoms with Gasteiger partial charge in [0.1, 0.15) is 6.04 Å². The number of halogens is 1. The fourth-order valence-electron chi connectivity index (χ4n) is 2.59. The number of nitro groups is 1. The van der Waals surface area contributed by atoms with Crippen molar-refractivity contribution in [3.05, 3.63) is 69.2 Å². The Morgan fingerprint density at radius 2 is 2.00 bits per heavy atom. The van der Waals surface area contributed by atoms with Gasteiger partial charge in [-0.2, -0.15) is 0 Å². The Morgan fingerprint density at radius 1 is 1.31 bits per heavy atom. The molecule has 138 valence electrons. The van der Waals surface area contributed by atoms with Gasteiger partial charge in [0, 0.05) is 24.8 Å². The maximum absolute atomic E-state index is 12.8. The number of nitrogens with zero attached hydrogens (tertiary/aromatic N) is 1. The minimum absolute atomic E-state index is 0.0586. The molecule has 0 saturated carbocycles. The first kappa shape index (κ1) is 19.8. The predicted molar refractivity (Wildman–Crippen MR) is 99.2 cm³/mol. The highest BCUT2D eigenvalue weighted by Gasteiger charge is 2.27. The summed E-state index contributed by atoms with van der Waals surface area (Å²) in [4.78, 5) is 23.1. The van der Waals surface area contributed by atoms with Gasteiger partial charge < -0.3 is 15.4 Å². The van der Waals surface area contributed by atoms with Gasteiger partial charge >= 0.3 is 0 Å². The lowest BCUT2D eigenvalue weighted by Crippen LogP contribution is -2.92. The summed E-state index contributed by atoms with van der Waals surface area (Å²) in [5.41, 5.74) is 1.04. The number of amides is 1. The molecule has 2 aromatic rings. The first-order chi connectivity index (χ1) is 12.4. The van der Waals surface area contributed by atoms with E-state index in [1.54, 1.807) is 7.11 Å². The molecule has 0 spiro atoms. The van der Waals surface area contributed by atoms with E-state index in [9.17, 15) is 14.9 Å². The van der Waals surface area contributed by atoms with Crippen LogP contribution in [0.1, 0.15) is 18.5 Å². The molecule has 3 N–H and O–H groups in total. The van der Waals surface area contributed by atoms with Gasteiger partial charge in [-0.1, -0.05) is 41.9 Å². The molecule has 0 heterocycles. The van der Waals surface area contributed by atoms with E-state index in [2.05, 4.69) is 5.32 Å². The summed E-state index contributed by atoms with van der Waals surface area (Å²) < 4.78 is 5.15. The lowest BCUT2D eigenvalue weighted by Gasteiger charge is -2.20. The van der Waals surface area contributed by atoms with Crippen LogP contribution in [0.15, 0.2) is 48.5 Å². The molecule has 0 aliphatic heterocycles. The first-order valence-corrected chi connectivity index (χ1v) is 8.44. The van der Waals surface area contributed by atoms with E-state index in [1.807, 2.05) is 42.6 Å². The summed E-state index contributed by atoms with van der Waals surface area (Å²) in [6, 6.07) is 12.9. The van der Waals surface area contributed by atoms with Crippen molar-refractivity contribution in [2.45, 2.75) is 19.0 Å². The van der Waals surface area contributed by atoms with Gasteiger partial charge in [0.25, 0.3) is 11.6 Å². The monoisotopic (exact) mass is 378 g/mol. The number of non-ortho nitro benzene ring substituents is 1. The normalized spacial score (nSPS) is 13.0. The SMILES string of the molecule is COC[C@@H](C)[NH2+][C@@H](C(=O)Nc1ccc([N+](=O)[O-])cc1Cl)c1ccccc1. The summed E-state index contributed by atoms with van der Waals surface area (Å²) in [7, 11) is 1.61. The molecule has 0 aliphatic carbocycles. The number of carbonyl (C=O) groups is 1. The van der Waals surface area contributed by atoms with Crippen LogP contribution in [0.5, 0.6) is 0 Å². The van der Waals surface area contributed by atoms with E-state index in [0.29, 0.717) is 12.3 Å². The van der Waals surface area contributed by atoms with Crippen LogP contribution in [0.4, 0.5) is 11.4 Å². The summed E-state index contributed by atoms with van der Waals surface area (Å²) in [6.45, 7) is 2.46.